The topological polar surface area (TPSA) is 24.1 Å². The third-order valence-electron chi connectivity index (χ3n) is 4.42. The second-order valence-corrected chi connectivity index (χ2v) is 9.19. The molecule has 3 heteroatoms. The molecule has 0 spiro atoms. The van der Waals surface area contributed by atoms with Crippen LogP contribution in [0.5, 0.6) is 0 Å². The van der Waals surface area contributed by atoms with E-state index in [2.05, 4.69) is 108 Å². The molecular formula is C20H19IN2. The van der Waals surface area contributed by atoms with Gasteiger partial charge in [-0.3, -0.25) is 0 Å². The van der Waals surface area contributed by atoms with Crippen molar-refractivity contribution < 1.29 is 0 Å². The van der Waals surface area contributed by atoms with Crippen molar-refractivity contribution in [3.63, 3.8) is 0 Å². The van der Waals surface area contributed by atoms with Crippen molar-refractivity contribution in [1.29, 1.82) is 0 Å². The van der Waals surface area contributed by atoms with Crippen molar-refractivity contribution >= 4 is 44.7 Å². The van der Waals surface area contributed by atoms with Crippen LogP contribution in [0.3, 0.4) is 0 Å². The first-order chi connectivity index (χ1) is 11.0. The molecule has 1 heterocycles. The molecule has 0 aliphatic carbocycles. The number of halogens is 1. The highest BCUT2D eigenvalue weighted by Gasteiger charge is 2.26. The standard InChI is InChI=1S/C20H19IN2/c1-20(2,21)15-10-4-3-9-14(15)19-22-16-11-5-7-13-8-6-12-17(23-19)18(13)16/h3-12,19,22-23H,1-2H3. The third kappa shape index (κ3) is 2.57. The zero-order chi connectivity index (χ0) is 16.0. The van der Waals surface area contributed by atoms with Gasteiger partial charge in [0.25, 0.3) is 0 Å². The van der Waals surface area contributed by atoms with Gasteiger partial charge in [-0.05, 0) is 42.5 Å². The maximum Gasteiger partial charge on any atom is 0.123 e. The van der Waals surface area contributed by atoms with Gasteiger partial charge in [-0.15, -0.1) is 0 Å². The molecule has 23 heavy (non-hydrogen) atoms. The maximum absolute atomic E-state index is 3.68. The summed E-state index contributed by atoms with van der Waals surface area (Å²) in [6.45, 7) is 4.51. The van der Waals surface area contributed by atoms with Crippen molar-refractivity contribution in [2.24, 2.45) is 0 Å². The van der Waals surface area contributed by atoms with Crippen molar-refractivity contribution in [2.75, 3.05) is 10.6 Å². The fourth-order valence-corrected chi connectivity index (χ4v) is 3.87. The molecule has 0 unspecified atom stereocenters. The lowest BCUT2D eigenvalue weighted by Gasteiger charge is -2.33. The first-order valence-electron chi connectivity index (χ1n) is 7.87. The average molecular weight is 414 g/mol. The molecule has 3 aromatic carbocycles. The van der Waals surface area contributed by atoms with Gasteiger partial charge in [-0.2, -0.15) is 0 Å². The highest BCUT2D eigenvalue weighted by molar-refractivity contribution is 14.1. The van der Waals surface area contributed by atoms with Crippen LogP contribution < -0.4 is 10.6 Å². The molecule has 0 radical (unpaired) electrons. The van der Waals surface area contributed by atoms with Crippen molar-refractivity contribution in [2.45, 2.75) is 23.4 Å². The second kappa shape index (κ2) is 5.41. The maximum atomic E-state index is 3.68. The van der Waals surface area contributed by atoms with Crippen LogP contribution in [0.1, 0.15) is 31.1 Å². The molecule has 0 amide bonds. The van der Waals surface area contributed by atoms with E-state index < -0.39 is 0 Å². The Morgan fingerprint density at radius 1 is 0.826 bits per heavy atom. The second-order valence-electron chi connectivity index (χ2n) is 6.49. The molecule has 2 nitrogen and oxygen atoms in total. The smallest absolute Gasteiger partial charge is 0.123 e. The Kier molecular flexibility index (Phi) is 3.48. The Balaban J connectivity index is 1.83. The Hall–Kier alpha value is -1.75. The molecule has 0 fully saturated rings. The summed E-state index contributed by atoms with van der Waals surface area (Å²) in [7, 11) is 0. The molecule has 0 aromatic heterocycles. The molecule has 0 atom stereocenters. The lowest BCUT2D eigenvalue weighted by atomic mass is 9.94. The van der Waals surface area contributed by atoms with E-state index in [4.69, 9.17) is 0 Å². The lowest BCUT2D eigenvalue weighted by molar-refractivity contribution is 0.779. The van der Waals surface area contributed by atoms with Crippen LogP contribution in [0, 0.1) is 0 Å². The number of benzene rings is 3. The van der Waals surface area contributed by atoms with Gasteiger partial charge in [0, 0.05) is 20.2 Å². The molecule has 3 aromatic rings. The van der Waals surface area contributed by atoms with Gasteiger partial charge in [0.1, 0.15) is 6.17 Å². The van der Waals surface area contributed by atoms with Crippen LogP contribution in [0.2, 0.25) is 0 Å². The molecule has 4 rings (SSSR count). The predicted octanol–water partition coefficient (Wildman–Crippen LogP) is 6.05. The minimum absolute atomic E-state index is 0.0840. The Morgan fingerprint density at radius 2 is 1.43 bits per heavy atom. The fourth-order valence-electron chi connectivity index (χ4n) is 3.37. The van der Waals surface area contributed by atoms with Crippen LogP contribution in [0.4, 0.5) is 11.4 Å². The third-order valence-corrected chi connectivity index (χ3v) is 5.00. The van der Waals surface area contributed by atoms with E-state index in [9.17, 15) is 0 Å². The summed E-state index contributed by atoms with van der Waals surface area (Å²) in [5, 5.41) is 9.89. The molecule has 116 valence electrons. The largest absolute Gasteiger partial charge is 0.361 e. The fraction of sp³-hybridized carbons (Fsp3) is 0.200. The van der Waals surface area contributed by atoms with E-state index in [1.807, 2.05) is 0 Å². The number of hydrogen-bond acceptors (Lipinski definition) is 2. The molecular weight excluding hydrogens is 395 g/mol. The first kappa shape index (κ1) is 14.8. The Labute approximate surface area is 150 Å². The summed E-state index contributed by atoms with van der Waals surface area (Å²) in [4.78, 5) is 0. The van der Waals surface area contributed by atoms with Crippen LogP contribution >= 0.6 is 22.6 Å². The summed E-state index contributed by atoms with van der Waals surface area (Å²) in [6.07, 6.45) is 0.0840. The minimum Gasteiger partial charge on any atom is -0.361 e. The van der Waals surface area contributed by atoms with Gasteiger partial charge < -0.3 is 10.6 Å². The zero-order valence-corrected chi connectivity index (χ0v) is 15.4. The monoisotopic (exact) mass is 414 g/mol. The van der Waals surface area contributed by atoms with Gasteiger partial charge in [0.05, 0.1) is 0 Å². The number of nitrogens with one attached hydrogen (secondary N) is 2. The van der Waals surface area contributed by atoms with Gasteiger partial charge in [-0.25, -0.2) is 0 Å². The van der Waals surface area contributed by atoms with Crippen LogP contribution in [-0.2, 0) is 3.42 Å². The number of anilines is 2. The van der Waals surface area contributed by atoms with Gasteiger partial charge in [0.15, 0.2) is 0 Å². The van der Waals surface area contributed by atoms with E-state index in [1.54, 1.807) is 0 Å². The van der Waals surface area contributed by atoms with E-state index in [1.165, 1.54) is 33.3 Å². The summed E-state index contributed by atoms with van der Waals surface area (Å²) in [6, 6.07) is 21.6. The van der Waals surface area contributed by atoms with Crippen LogP contribution in [0.15, 0.2) is 60.7 Å². The minimum atomic E-state index is 0.0840. The normalized spacial score (nSPS) is 14.4. The van der Waals surface area contributed by atoms with Gasteiger partial charge in [0.2, 0.25) is 0 Å². The van der Waals surface area contributed by atoms with Crippen molar-refractivity contribution in [3.05, 3.63) is 71.8 Å². The van der Waals surface area contributed by atoms with Crippen molar-refractivity contribution in [1.82, 2.24) is 0 Å². The quantitative estimate of drug-likeness (QED) is 0.394. The van der Waals surface area contributed by atoms with Crippen LogP contribution in [0.25, 0.3) is 10.8 Å². The SMILES string of the molecule is CC(C)(I)c1ccccc1C1Nc2cccc3cccc(c23)N1. The molecule has 0 bridgehead atoms. The summed E-state index contributed by atoms with van der Waals surface area (Å²) in [5.74, 6) is 0. The predicted molar refractivity (Wildman–Crippen MR) is 107 cm³/mol. The first-order valence-corrected chi connectivity index (χ1v) is 8.95. The number of alkyl halides is 1. The molecule has 1 aliphatic rings. The van der Waals surface area contributed by atoms with Crippen LogP contribution in [-0.4, -0.2) is 0 Å². The van der Waals surface area contributed by atoms with E-state index >= 15 is 0 Å². The van der Waals surface area contributed by atoms with E-state index in [-0.39, 0.29) is 9.59 Å². The Morgan fingerprint density at radius 3 is 2.04 bits per heavy atom. The summed E-state index contributed by atoms with van der Waals surface area (Å²) in [5.41, 5.74) is 5.06. The van der Waals surface area contributed by atoms with Gasteiger partial charge >= 0.3 is 0 Å². The lowest BCUT2D eigenvalue weighted by Crippen LogP contribution is -2.26. The van der Waals surface area contributed by atoms with Gasteiger partial charge in [-0.1, -0.05) is 71.1 Å². The molecule has 0 saturated heterocycles. The average Bonchev–Trinajstić information content (AvgIpc) is 2.54. The molecule has 1 aliphatic heterocycles. The number of rotatable bonds is 2. The summed E-state index contributed by atoms with van der Waals surface area (Å²) >= 11 is 2.51. The number of hydrogen-bond donors (Lipinski definition) is 2. The molecule has 0 saturated carbocycles. The van der Waals surface area contributed by atoms with E-state index in [0.29, 0.717) is 0 Å². The highest BCUT2D eigenvalue weighted by Crippen LogP contribution is 2.41. The summed E-state index contributed by atoms with van der Waals surface area (Å²) < 4.78 is 0.0840. The zero-order valence-electron chi connectivity index (χ0n) is 13.2. The van der Waals surface area contributed by atoms with Crippen molar-refractivity contribution in [3.8, 4) is 0 Å². The molecule has 2 N–H and O–H groups in total. The highest BCUT2D eigenvalue weighted by atomic mass is 127. The Bertz CT molecular complexity index is 839. The van der Waals surface area contributed by atoms with E-state index in [0.717, 1.165) is 0 Å².